The molecule has 1 amide bonds. The summed E-state index contributed by atoms with van der Waals surface area (Å²) in [7, 11) is 0. The van der Waals surface area contributed by atoms with Crippen molar-refractivity contribution in [3.05, 3.63) is 30.1 Å². The summed E-state index contributed by atoms with van der Waals surface area (Å²) in [5, 5.41) is 4.51. The molecular formula is C17H25N3O3. The lowest BCUT2D eigenvalue weighted by molar-refractivity contribution is -0.197. The molecule has 1 N–H and O–H groups in total. The molecule has 23 heavy (non-hydrogen) atoms. The molecule has 6 heteroatoms. The highest BCUT2D eigenvalue weighted by molar-refractivity contribution is 5.83. The van der Waals surface area contributed by atoms with Crippen LogP contribution in [0.25, 0.3) is 0 Å². The lowest BCUT2D eigenvalue weighted by atomic mass is 9.89. The van der Waals surface area contributed by atoms with Crippen LogP contribution in [0.4, 0.5) is 0 Å². The van der Waals surface area contributed by atoms with Crippen LogP contribution in [-0.4, -0.2) is 35.0 Å². The quantitative estimate of drug-likeness (QED) is 0.918. The molecule has 0 radical (unpaired) electrons. The van der Waals surface area contributed by atoms with E-state index in [0.29, 0.717) is 26.1 Å². The fraction of sp³-hybridized carbons (Fsp3) is 0.588. The number of nitrogens with one attached hydrogen (secondary N) is 1. The van der Waals surface area contributed by atoms with Gasteiger partial charge in [-0.1, -0.05) is 6.07 Å². The van der Waals surface area contributed by atoms with Crippen LogP contribution in [0.15, 0.2) is 24.4 Å². The van der Waals surface area contributed by atoms with E-state index < -0.39 is 10.8 Å². The van der Waals surface area contributed by atoms with E-state index in [0.717, 1.165) is 5.69 Å². The zero-order chi connectivity index (χ0) is 17.1. The van der Waals surface area contributed by atoms with Gasteiger partial charge in [0.25, 0.3) is 0 Å². The van der Waals surface area contributed by atoms with Crippen LogP contribution in [0.3, 0.4) is 0 Å². The smallest absolute Gasteiger partial charge is 0.330 e. The van der Waals surface area contributed by atoms with E-state index in [1.54, 1.807) is 11.3 Å². The van der Waals surface area contributed by atoms with Crippen LogP contribution in [0.5, 0.6) is 0 Å². The molecule has 1 aromatic rings. The number of carbonyl (C=O) groups is 2. The van der Waals surface area contributed by atoms with Crippen LogP contribution in [-0.2, 0) is 21.0 Å². The predicted octanol–water partition coefficient (Wildman–Crippen LogP) is 1.91. The first-order valence-electron chi connectivity index (χ1n) is 7.86. The van der Waals surface area contributed by atoms with Crippen molar-refractivity contribution in [2.75, 3.05) is 13.1 Å². The fourth-order valence-corrected chi connectivity index (χ4v) is 2.32. The number of amides is 1. The number of rotatable bonds is 4. The lowest BCUT2D eigenvalue weighted by Crippen LogP contribution is -2.41. The van der Waals surface area contributed by atoms with Gasteiger partial charge in [0.1, 0.15) is 0 Å². The summed E-state index contributed by atoms with van der Waals surface area (Å²) in [4.78, 5) is 34.0. The first-order valence-corrected chi connectivity index (χ1v) is 7.86. The Hall–Kier alpha value is -1.95. The molecule has 1 aromatic heterocycles. The number of nitrogens with zero attached hydrogens (tertiary/aromatic N) is 2. The second-order valence-electron chi connectivity index (χ2n) is 7.31. The van der Waals surface area contributed by atoms with Crippen LogP contribution in [0, 0.1) is 10.8 Å². The monoisotopic (exact) mass is 319 g/mol. The average molecular weight is 319 g/mol. The average Bonchev–Trinajstić information content (AvgIpc) is 2.87. The molecule has 0 aromatic carbocycles. The van der Waals surface area contributed by atoms with Gasteiger partial charge in [-0.2, -0.15) is 0 Å². The Morgan fingerprint density at radius 2 is 2.13 bits per heavy atom. The number of hydrogen-bond donors (Lipinski definition) is 1. The minimum absolute atomic E-state index is 0.0440. The molecule has 0 bridgehead atoms. The van der Waals surface area contributed by atoms with Gasteiger partial charge in [-0.15, -0.1) is 5.06 Å². The molecule has 126 valence electrons. The van der Waals surface area contributed by atoms with E-state index in [2.05, 4.69) is 10.3 Å². The second kappa shape index (κ2) is 6.66. The molecule has 0 saturated carbocycles. The molecule has 1 atom stereocenters. The van der Waals surface area contributed by atoms with Crippen molar-refractivity contribution < 1.29 is 14.4 Å². The van der Waals surface area contributed by atoms with E-state index in [1.807, 2.05) is 45.9 Å². The highest BCUT2D eigenvalue weighted by Crippen LogP contribution is 2.31. The van der Waals surface area contributed by atoms with Crippen molar-refractivity contribution >= 4 is 11.9 Å². The van der Waals surface area contributed by atoms with E-state index >= 15 is 0 Å². The van der Waals surface area contributed by atoms with Crippen LogP contribution < -0.4 is 5.32 Å². The summed E-state index contributed by atoms with van der Waals surface area (Å²) < 4.78 is 0. The Kier molecular flexibility index (Phi) is 5.04. The molecule has 1 unspecified atom stereocenters. The van der Waals surface area contributed by atoms with Crippen LogP contribution >= 0.6 is 0 Å². The molecule has 2 rings (SSSR count). The Bertz CT molecular complexity index is 568. The Balaban J connectivity index is 1.87. The van der Waals surface area contributed by atoms with Gasteiger partial charge >= 0.3 is 5.97 Å². The standard InChI is InChI=1S/C17H25N3O3/c1-16(2,3)15(22)23-20-10-8-17(4,12-20)14(21)19-11-13-7-5-6-9-18-13/h5-7,9H,8,10-12H2,1-4H3,(H,19,21). The lowest BCUT2D eigenvalue weighted by Gasteiger charge is -2.25. The zero-order valence-corrected chi connectivity index (χ0v) is 14.3. The van der Waals surface area contributed by atoms with Crippen molar-refractivity contribution in [2.45, 2.75) is 40.7 Å². The van der Waals surface area contributed by atoms with Gasteiger partial charge in [-0.25, -0.2) is 4.79 Å². The Labute approximate surface area is 137 Å². The summed E-state index contributed by atoms with van der Waals surface area (Å²) in [6.45, 7) is 8.69. The summed E-state index contributed by atoms with van der Waals surface area (Å²) in [5.74, 6) is -0.326. The van der Waals surface area contributed by atoms with E-state index in [4.69, 9.17) is 4.84 Å². The SMILES string of the molecule is CC(C)(C)C(=O)ON1CCC(C)(C(=O)NCc2ccccn2)C1. The highest BCUT2D eigenvalue weighted by atomic mass is 16.7. The summed E-state index contributed by atoms with van der Waals surface area (Å²) >= 11 is 0. The minimum Gasteiger partial charge on any atom is -0.367 e. The number of aromatic nitrogens is 1. The molecule has 1 aliphatic heterocycles. The summed E-state index contributed by atoms with van der Waals surface area (Å²) in [6.07, 6.45) is 2.35. The Morgan fingerprint density at radius 1 is 1.39 bits per heavy atom. The maximum absolute atomic E-state index is 12.5. The third-order valence-electron chi connectivity index (χ3n) is 3.97. The third-order valence-corrected chi connectivity index (χ3v) is 3.97. The maximum Gasteiger partial charge on any atom is 0.330 e. The third kappa shape index (κ3) is 4.51. The van der Waals surface area contributed by atoms with Crippen LogP contribution in [0.2, 0.25) is 0 Å². The van der Waals surface area contributed by atoms with Gasteiger partial charge in [0.15, 0.2) is 0 Å². The molecule has 0 spiro atoms. The minimum atomic E-state index is -0.563. The normalized spacial score (nSPS) is 21.9. The second-order valence-corrected chi connectivity index (χ2v) is 7.31. The van der Waals surface area contributed by atoms with Crippen molar-refractivity contribution in [3.63, 3.8) is 0 Å². The molecule has 1 saturated heterocycles. The van der Waals surface area contributed by atoms with Gasteiger partial charge < -0.3 is 10.2 Å². The topological polar surface area (TPSA) is 71.5 Å². The van der Waals surface area contributed by atoms with Crippen molar-refractivity contribution in [2.24, 2.45) is 10.8 Å². The summed E-state index contributed by atoms with van der Waals surface area (Å²) in [5.41, 5.74) is -0.300. The molecule has 2 heterocycles. The van der Waals surface area contributed by atoms with Gasteiger partial charge in [0.05, 0.1) is 23.1 Å². The number of hydroxylamine groups is 2. The molecule has 6 nitrogen and oxygen atoms in total. The molecule has 1 aliphatic rings. The molecule has 0 aliphatic carbocycles. The maximum atomic E-state index is 12.5. The predicted molar refractivity (Wildman–Crippen MR) is 85.9 cm³/mol. The number of pyridine rings is 1. The zero-order valence-electron chi connectivity index (χ0n) is 14.3. The van der Waals surface area contributed by atoms with Gasteiger partial charge in [-0.3, -0.25) is 9.78 Å². The Morgan fingerprint density at radius 3 is 2.74 bits per heavy atom. The largest absolute Gasteiger partial charge is 0.367 e. The van der Waals surface area contributed by atoms with Crippen LogP contribution in [0.1, 0.15) is 39.8 Å². The first kappa shape index (κ1) is 17.4. The number of carbonyl (C=O) groups excluding carboxylic acids is 2. The molecular weight excluding hydrogens is 294 g/mol. The molecule has 1 fully saturated rings. The fourth-order valence-electron chi connectivity index (χ4n) is 2.32. The van der Waals surface area contributed by atoms with Gasteiger partial charge in [-0.05, 0) is 46.2 Å². The van der Waals surface area contributed by atoms with Crippen molar-refractivity contribution in [1.82, 2.24) is 15.4 Å². The first-order chi connectivity index (χ1) is 10.7. The van der Waals surface area contributed by atoms with Crippen molar-refractivity contribution in [3.8, 4) is 0 Å². The van der Waals surface area contributed by atoms with E-state index in [9.17, 15) is 9.59 Å². The van der Waals surface area contributed by atoms with Gasteiger partial charge in [0.2, 0.25) is 5.91 Å². The van der Waals surface area contributed by atoms with Gasteiger partial charge in [0, 0.05) is 19.3 Å². The van der Waals surface area contributed by atoms with E-state index in [-0.39, 0.29) is 11.9 Å². The number of hydrogen-bond acceptors (Lipinski definition) is 5. The van der Waals surface area contributed by atoms with E-state index in [1.165, 1.54) is 0 Å². The van der Waals surface area contributed by atoms with Crippen molar-refractivity contribution in [1.29, 1.82) is 0 Å². The highest BCUT2D eigenvalue weighted by Gasteiger charge is 2.42. The summed E-state index contributed by atoms with van der Waals surface area (Å²) in [6, 6.07) is 5.60.